The average Bonchev–Trinajstić information content (AvgIpc) is 2.83. The molecule has 0 bridgehead atoms. The highest BCUT2D eigenvalue weighted by atomic mass is 32.2. The summed E-state index contributed by atoms with van der Waals surface area (Å²) in [7, 11) is 0. The number of nitrogens with zero attached hydrogens (tertiary/aromatic N) is 2. The first-order chi connectivity index (χ1) is 15.6. The lowest BCUT2D eigenvalue weighted by Crippen LogP contribution is -2.14. The van der Waals surface area contributed by atoms with Crippen LogP contribution in [0, 0.1) is 23.2 Å². The molecule has 5 nitrogen and oxygen atoms in total. The molecule has 154 valence electrons. The van der Waals surface area contributed by atoms with E-state index in [0.29, 0.717) is 27.9 Å². The van der Waals surface area contributed by atoms with Gasteiger partial charge in [0.15, 0.2) is 5.16 Å². The maximum absolute atomic E-state index is 12.5. The summed E-state index contributed by atoms with van der Waals surface area (Å²) < 4.78 is 0. The highest BCUT2D eigenvalue weighted by Crippen LogP contribution is 2.24. The summed E-state index contributed by atoms with van der Waals surface area (Å²) in [6.07, 6.45) is 0. The maximum Gasteiger partial charge on any atom is 0.270 e. The molecule has 0 saturated carbocycles. The van der Waals surface area contributed by atoms with Crippen molar-refractivity contribution in [2.45, 2.75) is 10.9 Å². The van der Waals surface area contributed by atoms with Crippen LogP contribution in [-0.2, 0) is 5.75 Å². The van der Waals surface area contributed by atoms with Gasteiger partial charge in [-0.25, -0.2) is 4.98 Å². The van der Waals surface area contributed by atoms with Gasteiger partial charge in [-0.15, -0.1) is 0 Å². The quantitative estimate of drug-likeness (QED) is 0.212. The fraction of sp³-hybridized carbons (Fsp3) is 0.0385. The van der Waals surface area contributed by atoms with E-state index in [1.54, 1.807) is 0 Å². The van der Waals surface area contributed by atoms with Crippen molar-refractivity contribution in [2.75, 3.05) is 5.73 Å². The van der Waals surface area contributed by atoms with Crippen LogP contribution >= 0.6 is 11.8 Å². The second kappa shape index (κ2) is 9.70. The number of H-pyrrole nitrogens is 1. The molecule has 0 aliphatic rings. The van der Waals surface area contributed by atoms with Crippen molar-refractivity contribution >= 4 is 17.4 Å². The summed E-state index contributed by atoms with van der Waals surface area (Å²) in [5, 5.41) is 9.95. The van der Waals surface area contributed by atoms with Crippen molar-refractivity contribution in [3.63, 3.8) is 0 Å². The molecule has 0 atom stereocenters. The van der Waals surface area contributed by atoms with Crippen LogP contribution in [0.15, 0.2) is 88.8 Å². The minimum atomic E-state index is -0.453. The van der Waals surface area contributed by atoms with Crippen LogP contribution in [-0.4, -0.2) is 9.97 Å². The normalized spacial score (nSPS) is 10.1. The number of anilines is 1. The number of nitrogens with two attached hydrogens (primary N) is 1. The zero-order chi connectivity index (χ0) is 22.3. The van der Waals surface area contributed by atoms with Gasteiger partial charge < -0.3 is 10.7 Å². The minimum Gasteiger partial charge on any atom is -0.399 e. The molecule has 3 aromatic carbocycles. The Kier molecular flexibility index (Phi) is 6.36. The van der Waals surface area contributed by atoms with Gasteiger partial charge in [0.2, 0.25) is 0 Å². The summed E-state index contributed by atoms with van der Waals surface area (Å²) in [5.74, 6) is 6.84. The van der Waals surface area contributed by atoms with Crippen molar-refractivity contribution < 1.29 is 0 Å². The molecule has 0 amide bonds. The van der Waals surface area contributed by atoms with Gasteiger partial charge in [0.25, 0.3) is 5.56 Å². The number of hydrogen-bond acceptors (Lipinski definition) is 5. The lowest BCUT2D eigenvalue weighted by molar-refractivity contribution is 0.934. The van der Waals surface area contributed by atoms with Gasteiger partial charge in [-0.1, -0.05) is 66.1 Å². The number of nitrogen functional groups attached to an aromatic ring is 1. The summed E-state index contributed by atoms with van der Waals surface area (Å²) in [5.41, 5.74) is 9.82. The summed E-state index contributed by atoms with van der Waals surface area (Å²) in [4.78, 5) is 19.7. The first-order valence-corrected chi connectivity index (χ1v) is 10.8. The zero-order valence-electron chi connectivity index (χ0n) is 17.0. The monoisotopic (exact) mass is 434 g/mol. The van der Waals surface area contributed by atoms with Crippen LogP contribution in [0.25, 0.3) is 11.3 Å². The molecule has 0 aliphatic heterocycles. The van der Waals surface area contributed by atoms with Crippen LogP contribution in [0.2, 0.25) is 0 Å². The third-order valence-electron chi connectivity index (χ3n) is 4.65. The minimum absolute atomic E-state index is 0.00930. The first kappa shape index (κ1) is 21.0. The van der Waals surface area contributed by atoms with E-state index < -0.39 is 5.56 Å². The van der Waals surface area contributed by atoms with E-state index in [-0.39, 0.29) is 5.56 Å². The van der Waals surface area contributed by atoms with Crippen LogP contribution in [0.4, 0.5) is 5.69 Å². The number of rotatable bonds is 4. The van der Waals surface area contributed by atoms with Gasteiger partial charge in [0, 0.05) is 28.1 Å². The number of aromatic nitrogens is 2. The van der Waals surface area contributed by atoms with E-state index >= 15 is 0 Å². The molecule has 1 heterocycles. The smallest absolute Gasteiger partial charge is 0.270 e. The van der Waals surface area contributed by atoms with Gasteiger partial charge in [-0.2, -0.15) is 5.26 Å². The largest absolute Gasteiger partial charge is 0.399 e. The molecule has 0 aliphatic carbocycles. The molecular formula is C26H18N4OS. The molecule has 0 radical (unpaired) electrons. The summed E-state index contributed by atoms with van der Waals surface area (Å²) in [6, 6.07) is 26.6. The molecule has 0 spiro atoms. The average molecular weight is 435 g/mol. The predicted molar refractivity (Wildman–Crippen MR) is 128 cm³/mol. The Labute approximate surface area is 190 Å². The Morgan fingerprint density at radius 2 is 1.56 bits per heavy atom. The third kappa shape index (κ3) is 5.07. The predicted octanol–water partition coefficient (Wildman–Crippen LogP) is 4.58. The number of hydrogen-bond donors (Lipinski definition) is 2. The Bertz CT molecular complexity index is 1390. The summed E-state index contributed by atoms with van der Waals surface area (Å²) >= 11 is 1.39. The van der Waals surface area contributed by atoms with E-state index in [0.717, 1.165) is 16.7 Å². The molecule has 0 unspecified atom stereocenters. The fourth-order valence-corrected chi connectivity index (χ4v) is 3.79. The molecule has 32 heavy (non-hydrogen) atoms. The Balaban J connectivity index is 1.59. The number of nitriles is 1. The van der Waals surface area contributed by atoms with Crippen LogP contribution in [0.1, 0.15) is 22.3 Å². The van der Waals surface area contributed by atoms with Gasteiger partial charge in [-0.3, -0.25) is 4.79 Å². The van der Waals surface area contributed by atoms with E-state index in [4.69, 9.17) is 5.73 Å². The Hall–Kier alpha value is -4.26. The highest BCUT2D eigenvalue weighted by molar-refractivity contribution is 7.98. The van der Waals surface area contributed by atoms with E-state index in [1.165, 1.54) is 11.8 Å². The van der Waals surface area contributed by atoms with Gasteiger partial charge in [0.1, 0.15) is 11.6 Å². The third-order valence-corrected chi connectivity index (χ3v) is 5.59. The topological polar surface area (TPSA) is 95.6 Å². The molecule has 4 rings (SSSR count). The van der Waals surface area contributed by atoms with Crippen LogP contribution < -0.4 is 11.3 Å². The molecule has 0 saturated heterocycles. The SMILES string of the molecule is N#Cc1c(-c2ccc(C#Cc3ccccc3)cc2)nc(SCc2ccc(N)cc2)[nH]c1=O. The van der Waals surface area contributed by atoms with E-state index in [2.05, 4.69) is 21.8 Å². The van der Waals surface area contributed by atoms with Crippen molar-refractivity contribution in [2.24, 2.45) is 0 Å². The van der Waals surface area contributed by atoms with E-state index in [1.807, 2.05) is 84.9 Å². The van der Waals surface area contributed by atoms with Gasteiger partial charge in [0.05, 0.1) is 5.69 Å². The highest BCUT2D eigenvalue weighted by Gasteiger charge is 2.14. The summed E-state index contributed by atoms with van der Waals surface area (Å²) in [6.45, 7) is 0. The molecule has 3 N–H and O–H groups in total. The molecule has 4 aromatic rings. The van der Waals surface area contributed by atoms with Crippen molar-refractivity contribution in [3.8, 4) is 29.2 Å². The second-order valence-electron chi connectivity index (χ2n) is 6.93. The van der Waals surface area contributed by atoms with Gasteiger partial charge >= 0.3 is 0 Å². The first-order valence-electron chi connectivity index (χ1n) is 9.81. The van der Waals surface area contributed by atoms with Crippen molar-refractivity contribution in [1.29, 1.82) is 5.26 Å². The number of benzene rings is 3. The number of thioether (sulfide) groups is 1. The van der Waals surface area contributed by atoms with Crippen LogP contribution in [0.5, 0.6) is 0 Å². The zero-order valence-corrected chi connectivity index (χ0v) is 17.8. The molecule has 0 fully saturated rings. The van der Waals surface area contributed by atoms with Crippen LogP contribution in [0.3, 0.4) is 0 Å². The Morgan fingerprint density at radius 3 is 2.22 bits per heavy atom. The van der Waals surface area contributed by atoms with E-state index in [9.17, 15) is 10.1 Å². The number of nitrogens with one attached hydrogen (secondary N) is 1. The fourth-order valence-electron chi connectivity index (χ4n) is 2.98. The maximum atomic E-state index is 12.5. The molecular weight excluding hydrogens is 416 g/mol. The second-order valence-corrected chi connectivity index (χ2v) is 7.89. The lowest BCUT2D eigenvalue weighted by atomic mass is 10.1. The molecule has 6 heteroatoms. The standard InChI is InChI=1S/C26H18N4OS/c27-16-23-24(21-12-8-19(9-13-21)7-6-18-4-2-1-3-5-18)29-26(30-25(23)31)32-17-20-10-14-22(28)15-11-20/h1-5,8-15H,17,28H2,(H,29,30,31). The lowest BCUT2D eigenvalue weighted by Gasteiger charge is -2.07. The Morgan fingerprint density at radius 1 is 0.906 bits per heavy atom. The van der Waals surface area contributed by atoms with Crippen molar-refractivity contribution in [1.82, 2.24) is 9.97 Å². The van der Waals surface area contributed by atoms with Crippen molar-refractivity contribution in [3.05, 3.63) is 111 Å². The molecule has 1 aromatic heterocycles. The number of aromatic amines is 1. The van der Waals surface area contributed by atoms with Gasteiger partial charge in [-0.05, 0) is 42.0 Å².